The summed E-state index contributed by atoms with van der Waals surface area (Å²) < 4.78 is 21.9. The molecule has 38 heavy (non-hydrogen) atoms. The monoisotopic (exact) mass is 542 g/mol. The molecule has 1 saturated heterocycles. The number of ether oxygens (including phenoxy) is 4. The van der Waals surface area contributed by atoms with Crippen LogP contribution in [-0.4, -0.2) is 87.1 Å². The minimum atomic E-state index is -0.608. The van der Waals surface area contributed by atoms with Crippen LogP contribution in [0.25, 0.3) is 0 Å². The number of benzene rings is 1. The number of nitrogens with zero attached hydrogens (tertiary/aromatic N) is 3. The lowest BCUT2D eigenvalue weighted by Crippen LogP contribution is -2.42. The van der Waals surface area contributed by atoms with Crippen molar-refractivity contribution in [3.8, 4) is 11.5 Å². The average Bonchev–Trinajstić information content (AvgIpc) is 3.32. The first-order valence-corrected chi connectivity index (χ1v) is 13.4. The predicted octanol–water partition coefficient (Wildman–Crippen LogP) is 2.85. The second-order valence-electron chi connectivity index (χ2n) is 8.87. The third kappa shape index (κ3) is 6.23. The molecule has 4 rings (SSSR count). The van der Waals surface area contributed by atoms with Crippen LogP contribution in [0.5, 0.6) is 11.5 Å². The van der Waals surface area contributed by atoms with Gasteiger partial charge < -0.3 is 29.2 Å². The highest BCUT2D eigenvalue weighted by Crippen LogP contribution is 2.47. The Morgan fingerprint density at radius 3 is 2.76 bits per heavy atom. The maximum Gasteiger partial charge on any atom is 0.338 e. The van der Waals surface area contributed by atoms with Crippen molar-refractivity contribution < 1.29 is 28.5 Å². The van der Waals surface area contributed by atoms with Gasteiger partial charge in [-0.15, -0.1) is 0 Å². The third-order valence-electron chi connectivity index (χ3n) is 6.48. The molecule has 10 nitrogen and oxygen atoms in total. The van der Waals surface area contributed by atoms with Crippen LogP contribution in [0.2, 0.25) is 0 Å². The number of methoxy groups -OCH3 is 2. The maximum absolute atomic E-state index is 13.3. The number of allylic oxidation sites excluding steroid dienone is 1. The predicted molar refractivity (Wildman–Crippen MR) is 146 cm³/mol. The summed E-state index contributed by atoms with van der Waals surface area (Å²) in [7, 11) is 3.15. The Hall–Kier alpha value is -3.28. The molecule has 1 amide bonds. The molecule has 0 unspecified atom stereocenters. The number of carbonyl (C=O) groups is 2. The van der Waals surface area contributed by atoms with Gasteiger partial charge in [-0.3, -0.25) is 9.69 Å². The molecule has 0 aliphatic carbocycles. The molecule has 11 heteroatoms. The van der Waals surface area contributed by atoms with Gasteiger partial charge in [0.2, 0.25) is 5.91 Å². The molecule has 3 heterocycles. The van der Waals surface area contributed by atoms with Crippen LogP contribution in [0.15, 0.2) is 58.2 Å². The summed E-state index contributed by atoms with van der Waals surface area (Å²) in [4.78, 5) is 35.1. The molecule has 1 N–H and O–H groups in total. The van der Waals surface area contributed by atoms with Gasteiger partial charge in [-0.2, -0.15) is 0 Å². The van der Waals surface area contributed by atoms with Gasteiger partial charge in [-0.25, -0.2) is 9.79 Å². The molecule has 0 radical (unpaired) electrons. The van der Waals surface area contributed by atoms with Crippen molar-refractivity contribution >= 4 is 28.8 Å². The third-order valence-corrected chi connectivity index (χ3v) is 7.37. The highest BCUT2D eigenvalue weighted by Gasteiger charge is 2.42. The molecule has 3 aliphatic heterocycles. The van der Waals surface area contributed by atoms with Gasteiger partial charge in [0.25, 0.3) is 0 Å². The van der Waals surface area contributed by atoms with Gasteiger partial charge in [0, 0.05) is 43.5 Å². The van der Waals surface area contributed by atoms with Gasteiger partial charge in [0.05, 0.1) is 51.2 Å². The highest BCUT2D eigenvalue weighted by molar-refractivity contribution is 8.16. The number of morpholine rings is 1. The van der Waals surface area contributed by atoms with Gasteiger partial charge in [0.15, 0.2) is 5.17 Å². The van der Waals surface area contributed by atoms with Crippen LogP contribution in [0.3, 0.4) is 0 Å². The number of nitrogens with one attached hydrogen (secondary N) is 1. The largest absolute Gasteiger partial charge is 0.497 e. The normalized spacial score (nSPS) is 19.3. The van der Waals surface area contributed by atoms with Crippen LogP contribution in [-0.2, 0) is 19.1 Å². The summed E-state index contributed by atoms with van der Waals surface area (Å²) in [5.74, 6) is 0.565. The first-order valence-electron chi connectivity index (χ1n) is 12.5. The molecule has 0 spiro atoms. The Balaban J connectivity index is 1.59. The average molecular weight is 543 g/mol. The zero-order valence-electron chi connectivity index (χ0n) is 22.0. The van der Waals surface area contributed by atoms with Crippen molar-refractivity contribution in [1.29, 1.82) is 0 Å². The summed E-state index contributed by atoms with van der Waals surface area (Å²) in [5, 5.41) is 5.61. The number of fused-ring (bicyclic) bond motifs is 1. The fourth-order valence-corrected chi connectivity index (χ4v) is 5.55. The van der Waals surface area contributed by atoms with E-state index in [4.69, 9.17) is 23.9 Å². The number of hydrogen-bond donors (Lipinski definition) is 1. The van der Waals surface area contributed by atoms with Crippen LogP contribution in [0, 0.1) is 0 Å². The van der Waals surface area contributed by atoms with E-state index in [-0.39, 0.29) is 18.9 Å². The molecule has 3 aliphatic rings. The number of hydrogen-bond acceptors (Lipinski definition) is 10. The van der Waals surface area contributed by atoms with E-state index in [2.05, 4.69) is 16.8 Å². The number of aliphatic imine (C=N–C) groups is 1. The van der Waals surface area contributed by atoms with E-state index in [0.717, 1.165) is 44.1 Å². The van der Waals surface area contributed by atoms with Crippen molar-refractivity contribution in [2.75, 3.05) is 60.2 Å². The number of amidine groups is 1. The molecule has 204 valence electrons. The van der Waals surface area contributed by atoms with Crippen molar-refractivity contribution in [2.24, 2.45) is 4.99 Å². The Morgan fingerprint density at radius 2 is 2.05 bits per heavy atom. The van der Waals surface area contributed by atoms with Gasteiger partial charge in [0.1, 0.15) is 18.1 Å². The Labute approximate surface area is 227 Å². The lowest BCUT2D eigenvalue weighted by atomic mass is 9.93. The quantitative estimate of drug-likeness (QED) is 0.334. The number of thioether (sulfide) groups is 1. The first-order chi connectivity index (χ1) is 18.5. The standard InChI is InChI=1S/C27H34N4O6S/c1-5-12-37-26(33)24-18(2)29-27-31(25(24)21-7-6-20(34-3)16-22(21)35-4)19(17-38-27)15-23(32)28-8-9-30-10-13-36-14-11-30/h5-7,16-17,25H,1,8-15H2,2-4H3,(H,28,32)/t25-/m1/s1. The Morgan fingerprint density at radius 1 is 1.26 bits per heavy atom. The van der Waals surface area contributed by atoms with E-state index in [1.54, 1.807) is 27.2 Å². The number of amides is 1. The molecule has 0 bridgehead atoms. The molecule has 1 fully saturated rings. The first kappa shape index (κ1) is 27.7. The van der Waals surface area contributed by atoms with Crippen molar-refractivity contribution in [2.45, 2.75) is 19.4 Å². The lowest BCUT2D eigenvalue weighted by Gasteiger charge is -2.36. The van der Waals surface area contributed by atoms with Crippen LogP contribution < -0.4 is 14.8 Å². The van der Waals surface area contributed by atoms with E-state index >= 15 is 0 Å². The van der Waals surface area contributed by atoms with Crippen LogP contribution in [0.4, 0.5) is 0 Å². The minimum Gasteiger partial charge on any atom is -0.497 e. The summed E-state index contributed by atoms with van der Waals surface area (Å²) >= 11 is 1.42. The zero-order chi connectivity index (χ0) is 27.1. The molecule has 1 aromatic carbocycles. The summed E-state index contributed by atoms with van der Waals surface area (Å²) in [6.07, 6.45) is 1.66. The molecule has 1 aromatic rings. The second kappa shape index (κ2) is 13.0. The maximum atomic E-state index is 13.3. The van der Waals surface area contributed by atoms with Crippen LogP contribution in [0.1, 0.15) is 24.9 Å². The fraction of sp³-hybridized carbons (Fsp3) is 0.444. The van der Waals surface area contributed by atoms with E-state index in [1.807, 2.05) is 22.4 Å². The lowest BCUT2D eigenvalue weighted by molar-refractivity contribution is -0.138. The summed E-state index contributed by atoms with van der Waals surface area (Å²) in [6, 6.07) is 4.84. The highest BCUT2D eigenvalue weighted by atomic mass is 32.2. The summed E-state index contributed by atoms with van der Waals surface area (Å²) in [6.45, 7) is 9.99. The number of carbonyl (C=O) groups excluding carboxylic acids is 2. The van der Waals surface area contributed by atoms with E-state index in [1.165, 1.54) is 17.8 Å². The molecule has 0 aromatic heterocycles. The topological polar surface area (TPSA) is 102 Å². The van der Waals surface area contributed by atoms with E-state index in [0.29, 0.717) is 34.5 Å². The van der Waals surface area contributed by atoms with Crippen LogP contribution >= 0.6 is 11.8 Å². The van der Waals surface area contributed by atoms with Crippen molar-refractivity contribution in [3.63, 3.8) is 0 Å². The fourth-order valence-electron chi connectivity index (χ4n) is 4.59. The second-order valence-corrected chi connectivity index (χ2v) is 9.71. The molecule has 1 atom stereocenters. The minimum absolute atomic E-state index is 0.0711. The van der Waals surface area contributed by atoms with Crippen molar-refractivity contribution in [1.82, 2.24) is 15.1 Å². The van der Waals surface area contributed by atoms with Gasteiger partial charge in [-0.05, 0) is 24.5 Å². The summed E-state index contributed by atoms with van der Waals surface area (Å²) in [5.41, 5.74) is 2.39. The van der Waals surface area contributed by atoms with E-state index < -0.39 is 12.0 Å². The van der Waals surface area contributed by atoms with Gasteiger partial charge in [-0.1, -0.05) is 24.4 Å². The zero-order valence-corrected chi connectivity index (χ0v) is 22.8. The molecular weight excluding hydrogens is 508 g/mol. The molecular formula is C27H34N4O6S. The van der Waals surface area contributed by atoms with Gasteiger partial charge >= 0.3 is 5.97 Å². The SMILES string of the molecule is C=CCOC(=O)C1=C(C)N=C2SC=C(CC(=O)NCCN3CCOCC3)N2[C@@H]1c1ccc(OC)cc1OC. The van der Waals surface area contributed by atoms with Crippen molar-refractivity contribution in [3.05, 3.63) is 58.8 Å². The van der Waals surface area contributed by atoms with E-state index in [9.17, 15) is 9.59 Å². The Bertz CT molecular complexity index is 1160. The smallest absolute Gasteiger partial charge is 0.338 e. The number of esters is 1. The Kier molecular flexibility index (Phi) is 9.48. The molecule has 0 saturated carbocycles. The number of rotatable bonds is 11.